The molecule has 0 saturated carbocycles. The van der Waals surface area contributed by atoms with Crippen molar-refractivity contribution < 1.29 is 22.7 Å². The highest BCUT2D eigenvalue weighted by molar-refractivity contribution is 5.91. The van der Waals surface area contributed by atoms with Gasteiger partial charge < -0.3 is 19.9 Å². The number of pyridine rings is 1. The molecule has 1 atom stereocenters. The Morgan fingerprint density at radius 1 is 1.07 bits per heavy atom. The van der Waals surface area contributed by atoms with Gasteiger partial charge in [0.15, 0.2) is 0 Å². The summed E-state index contributed by atoms with van der Waals surface area (Å²) in [5.41, 5.74) is 1.53. The molecule has 40 heavy (non-hydrogen) atoms. The molecule has 8 nitrogen and oxygen atoms in total. The number of hydrogen-bond acceptors (Lipinski definition) is 7. The minimum Gasteiger partial charge on any atom is -0.496 e. The maximum absolute atomic E-state index is 14.8. The van der Waals surface area contributed by atoms with Crippen LogP contribution in [-0.2, 0) is 11.2 Å². The first kappa shape index (κ1) is 28.6. The molecule has 0 bridgehead atoms. The normalized spacial score (nSPS) is 11.9. The molecule has 0 unspecified atom stereocenters. The third kappa shape index (κ3) is 5.93. The molecular weight excluding hydrogens is 521 g/mol. The summed E-state index contributed by atoms with van der Waals surface area (Å²) in [5, 5.41) is 3.79. The first-order chi connectivity index (χ1) is 19.0. The quantitative estimate of drug-likeness (QED) is 0.273. The molecule has 0 radical (unpaired) electrons. The Hall–Kier alpha value is -4.41. The summed E-state index contributed by atoms with van der Waals surface area (Å²) in [4.78, 5) is 29.3. The van der Waals surface area contributed by atoms with Crippen LogP contribution in [-0.4, -0.2) is 54.0 Å². The van der Waals surface area contributed by atoms with Crippen molar-refractivity contribution >= 4 is 34.1 Å². The second-order valence-electron chi connectivity index (χ2n) is 9.62. The average molecular weight is 553 g/mol. The maximum Gasteiger partial charge on any atom is 0.266 e. The van der Waals surface area contributed by atoms with Crippen molar-refractivity contribution in [3.63, 3.8) is 0 Å². The number of amides is 1. The van der Waals surface area contributed by atoms with Crippen LogP contribution in [0, 0.1) is 12.7 Å². The minimum absolute atomic E-state index is 0.0604. The number of fused-ring (bicyclic) bond motifs is 1. The Morgan fingerprint density at radius 2 is 1.80 bits per heavy atom. The summed E-state index contributed by atoms with van der Waals surface area (Å²) in [5.74, 6) is 1.05. The van der Waals surface area contributed by atoms with E-state index < -0.39 is 23.8 Å². The Bertz CT molecular complexity index is 1550. The lowest BCUT2D eigenvalue weighted by Crippen LogP contribution is -2.23. The highest BCUT2D eigenvalue weighted by Gasteiger charge is 2.21. The van der Waals surface area contributed by atoms with E-state index in [1.807, 2.05) is 24.1 Å². The van der Waals surface area contributed by atoms with E-state index in [0.29, 0.717) is 34.1 Å². The van der Waals surface area contributed by atoms with Crippen LogP contribution in [0.15, 0.2) is 48.7 Å². The zero-order valence-electron chi connectivity index (χ0n) is 23.2. The van der Waals surface area contributed by atoms with Crippen LogP contribution >= 0.6 is 0 Å². The van der Waals surface area contributed by atoms with Crippen LogP contribution < -0.4 is 15.0 Å². The Kier molecular flexibility index (Phi) is 8.41. The van der Waals surface area contributed by atoms with Crippen LogP contribution in [0.5, 0.6) is 5.75 Å². The molecule has 11 heteroatoms. The van der Waals surface area contributed by atoms with Crippen LogP contribution in [0.2, 0.25) is 0 Å². The zero-order chi connectivity index (χ0) is 29.1. The predicted octanol–water partition coefficient (Wildman–Crippen LogP) is 5.99. The monoisotopic (exact) mass is 552 g/mol. The smallest absolute Gasteiger partial charge is 0.266 e. The maximum atomic E-state index is 14.8. The first-order valence-corrected chi connectivity index (χ1v) is 12.6. The van der Waals surface area contributed by atoms with E-state index >= 15 is 0 Å². The predicted molar refractivity (Wildman–Crippen MR) is 149 cm³/mol. The molecule has 0 fully saturated rings. The number of carbonyl (C=O) groups excluding carboxylic acids is 1. The Labute approximate surface area is 230 Å². The van der Waals surface area contributed by atoms with Gasteiger partial charge in [-0.25, -0.2) is 28.1 Å². The van der Waals surface area contributed by atoms with Crippen molar-refractivity contribution in [3.05, 3.63) is 77.0 Å². The molecule has 0 aliphatic rings. The molecule has 210 valence electrons. The van der Waals surface area contributed by atoms with E-state index in [-0.39, 0.29) is 17.9 Å². The van der Waals surface area contributed by atoms with Crippen LogP contribution in [0.4, 0.5) is 30.5 Å². The molecule has 0 saturated heterocycles. The summed E-state index contributed by atoms with van der Waals surface area (Å²) in [6, 6.07) is 10.6. The lowest BCUT2D eigenvalue weighted by molar-refractivity contribution is -0.127. The highest BCUT2D eigenvalue weighted by Crippen LogP contribution is 2.33. The molecule has 1 amide bonds. The lowest BCUT2D eigenvalue weighted by Gasteiger charge is -2.22. The second-order valence-corrected chi connectivity index (χ2v) is 9.62. The fourth-order valence-electron chi connectivity index (χ4n) is 4.35. The molecule has 1 N–H and O–H groups in total. The molecule has 0 aliphatic heterocycles. The number of rotatable bonds is 9. The number of ether oxygens (including phenoxy) is 1. The van der Waals surface area contributed by atoms with Gasteiger partial charge in [0, 0.05) is 43.3 Å². The van der Waals surface area contributed by atoms with Gasteiger partial charge in [0.05, 0.1) is 36.8 Å². The van der Waals surface area contributed by atoms with Gasteiger partial charge in [-0.2, -0.15) is 0 Å². The number of benzene rings is 2. The molecule has 4 rings (SSSR count). The van der Waals surface area contributed by atoms with E-state index in [1.54, 1.807) is 53.4 Å². The summed E-state index contributed by atoms with van der Waals surface area (Å²) in [6.45, 7) is 3.40. The van der Waals surface area contributed by atoms with Crippen molar-refractivity contribution in [1.29, 1.82) is 0 Å². The SMILES string of the molecule is COc1ccc(N(C)c2cc3c(N[C@H](C)c4cccc(C(F)F)c4F)nc(C)nc3cn2)cc1CC(=O)N(C)C. The largest absolute Gasteiger partial charge is 0.496 e. The van der Waals surface area contributed by atoms with Gasteiger partial charge in [-0.15, -0.1) is 0 Å². The standard InChI is InChI=1S/C29H31F3N6O2/c1-16(20-8-7-9-21(27(20)30)28(31)32)34-29-22-14-25(33-15-23(22)35-17(2)36-29)38(5)19-10-11-24(40-6)18(12-19)13-26(39)37(3)4/h7-12,14-16,28H,13H2,1-6H3,(H,34,35,36)/t16-/m1/s1. The molecule has 0 spiro atoms. The summed E-state index contributed by atoms with van der Waals surface area (Å²) in [6.07, 6.45) is -1.13. The fourth-order valence-corrected chi connectivity index (χ4v) is 4.35. The summed E-state index contributed by atoms with van der Waals surface area (Å²) < 4.78 is 46.8. The van der Waals surface area contributed by atoms with Gasteiger partial charge in [0.2, 0.25) is 5.91 Å². The molecular formula is C29H31F3N6O2. The molecule has 4 aromatic rings. The number of anilines is 3. The summed E-state index contributed by atoms with van der Waals surface area (Å²) >= 11 is 0. The van der Waals surface area contributed by atoms with E-state index in [0.717, 1.165) is 17.3 Å². The van der Waals surface area contributed by atoms with Crippen molar-refractivity contribution in [3.8, 4) is 5.75 Å². The van der Waals surface area contributed by atoms with E-state index in [4.69, 9.17) is 4.74 Å². The highest BCUT2D eigenvalue weighted by atomic mass is 19.3. The van der Waals surface area contributed by atoms with E-state index in [9.17, 15) is 18.0 Å². The van der Waals surface area contributed by atoms with Gasteiger partial charge in [0.25, 0.3) is 6.43 Å². The molecule has 2 aromatic heterocycles. The topological polar surface area (TPSA) is 83.5 Å². The number of nitrogens with one attached hydrogen (secondary N) is 1. The molecule has 2 aromatic carbocycles. The van der Waals surface area contributed by atoms with E-state index in [2.05, 4.69) is 20.3 Å². The van der Waals surface area contributed by atoms with Gasteiger partial charge >= 0.3 is 0 Å². The van der Waals surface area contributed by atoms with Gasteiger partial charge in [-0.05, 0) is 38.1 Å². The number of aromatic nitrogens is 3. The number of alkyl halides is 2. The molecule has 2 heterocycles. The second kappa shape index (κ2) is 11.8. The van der Waals surface area contributed by atoms with E-state index in [1.165, 1.54) is 17.0 Å². The Morgan fingerprint density at radius 3 is 2.48 bits per heavy atom. The number of carbonyl (C=O) groups is 1. The minimum atomic E-state index is -2.92. The van der Waals surface area contributed by atoms with Crippen molar-refractivity contribution in [2.24, 2.45) is 0 Å². The number of hydrogen-bond donors (Lipinski definition) is 1. The summed E-state index contributed by atoms with van der Waals surface area (Å²) in [7, 11) is 6.79. The first-order valence-electron chi connectivity index (χ1n) is 12.6. The number of likely N-dealkylation sites (N-methyl/N-ethyl adjacent to an activating group) is 1. The number of halogens is 3. The van der Waals surface area contributed by atoms with Gasteiger partial charge in [-0.1, -0.05) is 18.2 Å². The number of nitrogens with zero attached hydrogens (tertiary/aromatic N) is 5. The third-order valence-corrected chi connectivity index (χ3v) is 6.63. The van der Waals surface area contributed by atoms with Crippen molar-refractivity contribution in [1.82, 2.24) is 19.9 Å². The zero-order valence-corrected chi connectivity index (χ0v) is 23.2. The lowest BCUT2D eigenvalue weighted by atomic mass is 10.0. The van der Waals surface area contributed by atoms with Crippen LogP contribution in [0.25, 0.3) is 10.9 Å². The number of aryl methyl sites for hydroxylation is 1. The van der Waals surface area contributed by atoms with Crippen molar-refractivity contribution in [2.75, 3.05) is 38.5 Å². The molecule has 0 aliphatic carbocycles. The van der Waals surface area contributed by atoms with Gasteiger partial charge in [0.1, 0.15) is 29.0 Å². The Balaban J connectivity index is 1.70. The third-order valence-electron chi connectivity index (χ3n) is 6.63. The van der Waals surface area contributed by atoms with Gasteiger partial charge in [-0.3, -0.25) is 4.79 Å². The fraction of sp³-hybridized carbons (Fsp3) is 0.310. The van der Waals surface area contributed by atoms with Crippen molar-refractivity contribution in [2.45, 2.75) is 32.7 Å². The van der Waals surface area contributed by atoms with Crippen LogP contribution in [0.1, 0.15) is 41.9 Å². The average Bonchev–Trinajstić information content (AvgIpc) is 2.92. The number of methoxy groups -OCH3 is 1. The van der Waals surface area contributed by atoms with Crippen LogP contribution in [0.3, 0.4) is 0 Å².